The topological polar surface area (TPSA) is 78.6 Å². The normalized spacial score (nSPS) is 10.1. The molecule has 6 nitrogen and oxygen atoms in total. The highest BCUT2D eigenvalue weighted by Gasteiger charge is 2.12. The molecule has 1 aromatic heterocycles. The smallest absolute Gasteiger partial charge is 0.325 e. The second-order valence-electron chi connectivity index (χ2n) is 3.24. The van der Waals surface area contributed by atoms with E-state index in [0.29, 0.717) is 5.76 Å². The summed E-state index contributed by atoms with van der Waals surface area (Å²) >= 11 is 0. The molecule has 0 saturated heterocycles. The summed E-state index contributed by atoms with van der Waals surface area (Å²) in [5, 5.41) is 11.1. The lowest BCUT2D eigenvalue weighted by molar-refractivity contribution is 0.201. The third-order valence-corrected chi connectivity index (χ3v) is 2.02. The molecule has 0 bridgehead atoms. The zero-order valence-electron chi connectivity index (χ0n) is 9.07. The number of hydrogen-bond acceptors (Lipinski definition) is 4. The van der Waals surface area contributed by atoms with Crippen LogP contribution in [-0.2, 0) is 0 Å². The van der Waals surface area contributed by atoms with Crippen molar-refractivity contribution in [1.29, 1.82) is 0 Å². The van der Waals surface area contributed by atoms with E-state index in [1.807, 2.05) is 0 Å². The molecule has 0 radical (unpaired) electrons. The highest BCUT2D eigenvalue weighted by molar-refractivity contribution is 5.86. The van der Waals surface area contributed by atoms with Gasteiger partial charge in [-0.1, -0.05) is 0 Å². The van der Waals surface area contributed by atoms with Gasteiger partial charge in [-0.2, -0.15) is 4.98 Å². The maximum absolute atomic E-state index is 11.4. The molecule has 0 unspecified atom stereocenters. The lowest BCUT2D eigenvalue weighted by Crippen LogP contribution is -2.33. The Morgan fingerprint density at radius 2 is 2.27 bits per heavy atom. The van der Waals surface area contributed by atoms with Crippen LogP contribution in [0.4, 0.5) is 10.8 Å². The molecule has 0 aliphatic carbocycles. The van der Waals surface area contributed by atoms with Gasteiger partial charge in [0.05, 0.1) is 12.3 Å². The Morgan fingerprint density at radius 3 is 2.73 bits per heavy atom. The number of anilines is 1. The van der Waals surface area contributed by atoms with Crippen molar-refractivity contribution in [2.45, 2.75) is 13.8 Å². The largest absolute Gasteiger partial charge is 0.428 e. The van der Waals surface area contributed by atoms with Gasteiger partial charge in [0.2, 0.25) is 0 Å². The Bertz CT molecular complexity index is 329. The van der Waals surface area contributed by atoms with Crippen molar-refractivity contribution in [2.24, 2.45) is 0 Å². The number of carbonyl (C=O) groups excluding carboxylic acids is 1. The Balaban J connectivity index is 2.58. The van der Waals surface area contributed by atoms with Crippen molar-refractivity contribution in [1.82, 2.24) is 9.88 Å². The SMILES string of the molecule is Cc1nc(NC(=O)N(C)CCO)oc1C. The number of aryl methyl sites for hydroxylation is 2. The van der Waals surface area contributed by atoms with Gasteiger partial charge in [-0.05, 0) is 13.8 Å². The van der Waals surface area contributed by atoms with Crippen LogP contribution in [0, 0.1) is 13.8 Å². The zero-order chi connectivity index (χ0) is 11.4. The summed E-state index contributed by atoms with van der Waals surface area (Å²) in [7, 11) is 1.58. The average Bonchev–Trinajstić information content (AvgIpc) is 2.46. The first-order chi connectivity index (χ1) is 7.04. The third-order valence-electron chi connectivity index (χ3n) is 2.02. The molecule has 84 valence electrons. The van der Waals surface area contributed by atoms with Crippen LogP contribution in [0.5, 0.6) is 0 Å². The fraction of sp³-hybridized carbons (Fsp3) is 0.556. The molecule has 2 N–H and O–H groups in total. The van der Waals surface area contributed by atoms with Crippen molar-refractivity contribution in [3.05, 3.63) is 11.5 Å². The van der Waals surface area contributed by atoms with Gasteiger partial charge in [0.1, 0.15) is 5.76 Å². The summed E-state index contributed by atoms with van der Waals surface area (Å²) in [5.41, 5.74) is 0.745. The van der Waals surface area contributed by atoms with E-state index in [1.165, 1.54) is 4.90 Å². The van der Waals surface area contributed by atoms with Crippen molar-refractivity contribution in [3.8, 4) is 0 Å². The fourth-order valence-corrected chi connectivity index (χ4v) is 0.965. The number of likely N-dealkylation sites (N-methyl/N-ethyl adjacent to an activating group) is 1. The summed E-state index contributed by atoms with van der Waals surface area (Å²) in [6.07, 6.45) is 0. The van der Waals surface area contributed by atoms with Crippen molar-refractivity contribution >= 4 is 12.0 Å². The van der Waals surface area contributed by atoms with Gasteiger partial charge in [-0.3, -0.25) is 5.32 Å². The van der Waals surface area contributed by atoms with Crippen LogP contribution in [0.25, 0.3) is 0 Å². The van der Waals surface area contributed by atoms with E-state index in [-0.39, 0.29) is 25.2 Å². The van der Waals surface area contributed by atoms with Gasteiger partial charge in [0, 0.05) is 13.6 Å². The number of aromatic nitrogens is 1. The predicted octanol–water partition coefficient (Wildman–Crippen LogP) is 0.747. The summed E-state index contributed by atoms with van der Waals surface area (Å²) in [6, 6.07) is -0.176. The molecule has 0 atom stereocenters. The van der Waals surface area contributed by atoms with E-state index >= 15 is 0 Å². The van der Waals surface area contributed by atoms with Crippen LogP contribution < -0.4 is 5.32 Å². The maximum atomic E-state index is 11.4. The quantitative estimate of drug-likeness (QED) is 0.776. The summed E-state index contributed by atoms with van der Waals surface area (Å²) in [5.74, 6) is 0.676. The number of nitrogens with one attached hydrogen (secondary N) is 1. The van der Waals surface area contributed by atoms with E-state index in [4.69, 9.17) is 9.52 Å². The molecule has 1 aromatic rings. The van der Waals surface area contributed by atoms with Gasteiger partial charge in [0.15, 0.2) is 0 Å². The summed E-state index contributed by atoms with van der Waals surface area (Å²) < 4.78 is 5.18. The van der Waals surface area contributed by atoms with Gasteiger partial charge >= 0.3 is 12.0 Å². The van der Waals surface area contributed by atoms with E-state index in [2.05, 4.69) is 10.3 Å². The molecule has 2 amide bonds. The van der Waals surface area contributed by atoms with Crippen LogP contribution in [0.1, 0.15) is 11.5 Å². The highest BCUT2D eigenvalue weighted by atomic mass is 16.4. The maximum Gasteiger partial charge on any atom is 0.325 e. The van der Waals surface area contributed by atoms with Crippen molar-refractivity contribution < 1.29 is 14.3 Å². The molecule has 6 heteroatoms. The number of aliphatic hydroxyl groups is 1. The molecule has 0 aliphatic heterocycles. The Morgan fingerprint density at radius 1 is 1.60 bits per heavy atom. The molecule has 0 saturated carbocycles. The number of amides is 2. The van der Waals surface area contributed by atoms with Crippen molar-refractivity contribution in [3.63, 3.8) is 0 Å². The molecular weight excluding hydrogens is 198 g/mol. The second-order valence-corrected chi connectivity index (χ2v) is 3.24. The van der Waals surface area contributed by atoms with Crippen LogP contribution in [0.2, 0.25) is 0 Å². The minimum Gasteiger partial charge on any atom is -0.428 e. The lowest BCUT2D eigenvalue weighted by Gasteiger charge is -2.14. The first-order valence-corrected chi connectivity index (χ1v) is 4.61. The van der Waals surface area contributed by atoms with Crippen molar-refractivity contribution in [2.75, 3.05) is 25.5 Å². The summed E-state index contributed by atoms with van der Waals surface area (Å²) in [4.78, 5) is 16.8. The standard InChI is InChI=1S/C9H15N3O3/c1-6-7(2)15-8(10-6)11-9(14)12(3)4-5-13/h13H,4-5H2,1-3H3,(H,10,11,14). The molecule has 1 heterocycles. The highest BCUT2D eigenvalue weighted by Crippen LogP contribution is 2.12. The number of carbonyl (C=O) groups is 1. The molecule has 0 aromatic carbocycles. The molecule has 1 rings (SSSR count). The monoisotopic (exact) mass is 213 g/mol. The Labute approximate surface area is 87.9 Å². The number of hydrogen-bond donors (Lipinski definition) is 2. The molecular formula is C9H15N3O3. The van der Waals surface area contributed by atoms with Crippen LogP contribution >= 0.6 is 0 Å². The van der Waals surface area contributed by atoms with Gasteiger partial charge < -0.3 is 14.4 Å². The van der Waals surface area contributed by atoms with E-state index in [9.17, 15) is 4.79 Å². The van der Waals surface area contributed by atoms with Crippen LogP contribution in [0.3, 0.4) is 0 Å². The molecule has 0 aliphatic rings. The molecule has 0 spiro atoms. The molecule has 15 heavy (non-hydrogen) atoms. The number of urea groups is 1. The fourth-order valence-electron chi connectivity index (χ4n) is 0.965. The van der Waals surface area contributed by atoms with Gasteiger partial charge in [-0.15, -0.1) is 0 Å². The van der Waals surface area contributed by atoms with E-state index in [0.717, 1.165) is 5.69 Å². The zero-order valence-corrected chi connectivity index (χ0v) is 9.07. The Kier molecular flexibility index (Phi) is 3.68. The minimum absolute atomic E-state index is 0.0758. The third kappa shape index (κ3) is 2.95. The number of rotatable bonds is 3. The first-order valence-electron chi connectivity index (χ1n) is 4.61. The van der Waals surface area contributed by atoms with E-state index < -0.39 is 0 Å². The van der Waals surface area contributed by atoms with Gasteiger partial charge in [0.25, 0.3) is 0 Å². The molecule has 0 fully saturated rings. The van der Waals surface area contributed by atoms with E-state index in [1.54, 1.807) is 20.9 Å². The Hall–Kier alpha value is -1.56. The minimum atomic E-state index is -0.356. The number of oxazole rings is 1. The number of aliphatic hydroxyl groups excluding tert-OH is 1. The number of nitrogens with zero attached hydrogens (tertiary/aromatic N) is 2. The van der Waals surface area contributed by atoms with Crippen LogP contribution in [-0.4, -0.2) is 41.2 Å². The first kappa shape index (κ1) is 11.5. The predicted molar refractivity (Wildman–Crippen MR) is 54.7 cm³/mol. The summed E-state index contributed by atoms with van der Waals surface area (Å²) in [6.45, 7) is 3.76. The van der Waals surface area contributed by atoms with Crippen LogP contribution in [0.15, 0.2) is 4.42 Å². The lowest BCUT2D eigenvalue weighted by atomic mass is 10.4. The second kappa shape index (κ2) is 4.79. The van der Waals surface area contributed by atoms with Gasteiger partial charge in [-0.25, -0.2) is 4.79 Å². The average molecular weight is 213 g/mol.